The quantitative estimate of drug-likeness (QED) is 0.803. The van der Waals surface area contributed by atoms with Crippen LogP contribution in [0.2, 0.25) is 0 Å². The molecule has 1 heterocycles. The van der Waals surface area contributed by atoms with Crippen LogP contribution in [0.15, 0.2) is 24.3 Å². The third-order valence-corrected chi connectivity index (χ3v) is 3.93. The molecular formula is C14H20N2O. The average molecular weight is 232 g/mol. The van der Waals surface area contributed by atoms with Crippen molar-refractivity contribution in [2.24, 2.45) is 5.73 Å². The van der Waals surface area contributed by atoms with E-state index in [-0.39, 0.29) is 6.04 Å². The Labute approximate surface area is 103 Å². The van der Waals surface area contributed by atoms with Crippen molar-refractivity contribution in [1.29, 1.82) is 0 Å². The summed E-state index contributed by atoms with van der Waals surface area (Å²) in [6.45, 7) is 3.92. The number of ether oxygens (including phenoxy) is 1. The van der Waals surface area contributed by atoms with Gasteiger partial charge in [0.15, 0.2) is 0 Å². The lowest BCUT2D eigenvalue weighted by Crippen LogP contribution is -2.30. The minimum Gasteiger partial charge on any atom is -0.380 e. The molecule has 1 aliphatic heterocycles. The second-order valence-electron chi connectivity index (χ2n) is 4.99. The first-order valence-corrected chi connectivity index (χ1v) is 6.52. The molecule has 1 saturated heterocycles. The van der Waals surface area contributed by atoms with Gasteiger partial charge in [-0.2, -0.15) is 0 Å². The summed E-state index contributed by atoms with van der Waals surface area (Å²) in [5.41, 5.74) is 8.99. The third-order valence-electron chi connectivity index (χ3n) is 3.93. The molecule has 3 nitrogen and oxygen atoms in total. The first-order chi connectivity index (χ1) is 8.36. The maximum absolute atomic E-state index is 6.22. The maximum Gasteiger partial charge on any atom is 0.0593 e. The van der Waals surface area contributed by atoms with Crippen LogP contribution in [-0.4, -0.2) is 31.2 Å². The molecule has 0 amide bonds. The van der Waals surface area contributed by atoms with Crippen molar-refractivity contribution in [2.75, 3.05) is 26.3 Å². The Morgan fingerprint density at radius 1 is 1.12 bits per heavy atom. The summed E-state index contributed by atoms with van der Waals surface area (Å²) in [6, 6.07) is 9.33. The van der Waals surface area contributed by atoms with Gasteiger partial charge in [-0.1, -0.05) is 24.3 Å². The van der Waals surface area contributed by atoms with Gasteiger partial charge in [-0.25, -0.2) is 0 Å². The van der Waals surface area contributed by atoms with Gasteiger partial charge in [0.2, 0.25) is 0 Å². The van der Waals surface area contributed by atoms with E-state index in [9.17, 15) is 0 Å². The molecule has 3 rings (SSSR count). The largest absolute Gasteiger partial charge is 0.380 e. The topological polar surface area (TPSA) is 38.5 Å². The number of nitrogens with zero attached hydrogens (tertiary/aromatic N) is 1. The monoisotopic (exact) mass is 232 g/mol. The molecule has 1 aromatic carbocycles. The number of hydrogen-bond acceptors (Lipinski definition) is 3. The van der Waals surface area contributed by atoms with Crippen LogP contribution in [-0.2, 0) is 4.74 Å². The summed E-state index contributed by atoms with van der Waals surface area (Å²) >= 11 is 0. The Morgan fingerprint density at radius 2 is 1.94 bits per heavy atom. The van der Waals surface area contributed by atoms with Crippen LogP contribution in [0.25, 0.3) is 0 Å². The molecule has 2 aliphatic rings. The van der Waals surface area contributed by atoms with Crippen molar-refractivity contribution in [3.63, 3.8) is 0 Å². The number of hydrogen-bond donors (Lipinski definition) is 1. The zero-order valence-corrected chi connectivity index (χ0v) is 10.1. The van der Waals surface area contributed by atoms with Crippen LogP contribution in [0, 0.1) is 0 Å². The highest BCUT2D eigenvalue weighted by Gasteiger charge is 2.32. The molecule has 2 atom stereocenters. The molecule has 0 saturated carbocycles. The van der Waals surface area contributed by atoms with Crippen molar-refractivity contribution in [1.82, 2.24) is 4.90 Å². The second kappa shape index (κ2) is 4.77. The van der Waals surface area contributed by atoms with Crippen LogP contribution in [0.1, 0.15) is 36.1 Å². The molecule has 1 aliphatic carbocycles. The third kappa shape index (κ3) is 2.10. The van der Waals surface area contributed by atoms with E-state index in [1.807, 2.05) is 0 Å². The fraction of sp³-hybridized carbons (Fsp3) is 0.571. The smallest absolute Gasteiger partial charge is 0.0593 e. The number of benzene rings is 1. The molecule has 2 unspecified atom stereocenters. The molecule has 1 fully saturated rings. The van der Waals surface area contributed by atoms with Crippen LogP contribution >= 0.6 is 0 Å². The van der Waals surface area contributed by atoms with E-state index in [0.717, 1.165) is 39.1 Å². The Balaban J connectivity index is 1.85. The van der Waals surface area contributed by atoms with E-state index >= 15 is 0 Å². The van der Waals surface area contributed by atoms with Gasteiger partial charge in [-0.15, -0.1) is 0 Å². The van der Waals surface area contributed by atoms with E-state index in [0.29, 0.717) is 6.04 Å². The summed E-state index contributed by atoms with van der Waals surface area (Å²) in [7, 11) is 0. The molecule has 0 aromatic heterocycles. The molecule has 3 heteroatoms. The standard InChI is InChI=1S/C14H20N2O/c15-13-10-14(12-5-2-1-4-11(12)13)16-6-3-8-17-9-7-16/h1-2,4-5,13-14H,3,6-10,15H2. The van der Waals surface area contributed by atoms with Gasteiger partial charge < -0.3 is 10.5 Å². The highest BCUT2D eigenvalue weighted by atomic mass is 16.5. The van der Waals surface area contributed by atoms with E-state index in [1.165, 1.54) is 11.1 Å². The van der Waals surface area contributed by atoms with Gasteiger partial charge >= 0.3 is 0 Å². The molecule has 0 bridgehead atoms. The molecular weight excluding hydrogens is 212 g/mol. The first kappa shape index (κ1) is 11.2. The Kier molecular flexibility index (Phi) is 3.14. The lowest BCUT2D eigenvalue weighted by atomic mass is 10.1. The molecule has 1 aromatic rings. The highest BCUT2D eigenvalue weighted by Crippen LogP contribution is 2.40. The lowest BCUT2D eigenvalue weighted by molar-refractivity contribution is 0.130. The molecule has 0 spiro atoms. The summed E-state index contributed by atoms with van der Waals surface area (Å²) in [4.78, 5) is 2.54. The molecule has 2 N–H and O–H groups in total. The van der Waals surface area contributed by atoms with Crippen molar-refractivity contribution in [2.45, 2.75) is 24.9 Å². The van der Waals surface area contributed by atoms with E-state index < -0.39 is 0 Å². The summed E-state index contributed by atoms with van der Waals surface area (Å²) in [5, 5.41) is 0. The zero-order chi connectivity index (χ0) is 11.7. The fourth-order valence-electron chi connectivity index (χ4n) is 3.07. The Hall–Kier alpha value is -0.900. The van der Waals surface area contributed by atoms with Crippen molar-refractivity contribution in [3.05, 3.63) is 35.4 Å². The summed E-state index contributed by atoms with van der Waals surface area (Å²) in [5.74, 6) is 0. The predicted octanol–water partition coefficient (Wildman–Crippen LogP) is 1.85. The van der Waals surface area contributed by atoms with Crippen molar-refractivity contribution in [3.8, 4) is 0 Å². The average Bonchev–Trinajstić information content (AvgIpc) is 2.57. The number of nitrogens with two attached hydrogens (primary N) is 1. The van der Waals surface area contributed by atoms with E-state index in [2.05, 4.69) is 29.2 Å². The maximum atomic E-state index is 6.22. The van der Waals surface area contributed by atoms with Crippen molar-refractivity contribution < 1.29 is 4.74 Å². The van der Waals surface area contributed by atoms with Gasteiger partial charge in [0.05, 0.1) is 6.61 Å². The minimum atomic E-state index is 0.209. The second-order valence-corrected chi connectivity index (χ2v) is 4.99. The Bertz CT molecular complexity index is 386. The minimum absolute atomic E-state index is 0.209. The Morgan fingerprint density at radius 3 is 2.82 bits per heavy atom. The van der Waals surface area contributed by atoms with E-state index in [1.54, 1.807) is 0 Å². The van der Waals surface area contributed by atoms with Gasteiger partial charge in [0, 0.05) is 31.8 Å². The molecule has 17 heavy (non-hydrogen) atoms. The predicted molar refractivity (Wildman–Crippen MR) is 67.7 cm³/mol. The first-order valence-electron chi connectivity index (χ1n) is 6.52. The van der Waals surface area contributed by atoms with Crippen LogP contribution in [0.3, 0.4) is 0 Å². The van der Waals surface area contributed by atoms with E-state index in [4.69, 9.17) is 10.5 Å². The molecule has 0 radical (unpaired) electrons. The van der Waals surface area contributed by atoms with Crippen molar-refractivity contribution >= 4 is 0 Å². The van der Waals surface area contributed by atoms with Crippen LogP contribution in [0.5, 0.6) is 0 Å². The normalized spacial score (nSPS) is 29.9. The zero-order valence-electron chi connectivity index (χ0n) is 10.1. The van der Waals surface area contributed by atoms with Crippen LogP contribution < -0.4 is 5.73 Å². The summed E-state index contributed by atoms with van der Waals surface area (Å²) < 4.78 is 5.53. The number of rotatable bonds is 1. The lowest BCUT2D eigenvalue weighted by Gasteiger charge is -2.27. The van der Waals surface area contributed by atoms with Gasteiger partial charge in [0.25, 0.3) is 0 Å². The fourth-order valence-corrected chi connectivity index (χ4v) is 3.07. The van der Waals surface area contributed by atoms with Gasteiger partial charge in [-0.3, -0.25) is 4.90 Å². The van der Waals surface area contributed by atoms with Gasteiger partial charge in [0.1, 0.15) is 0 Å². The highest BCUT2D eigenvalue weighted by molar-refractivity contribution is 5.37. The SMILES string of the molecule is NC1CC(N2CCCOCC2)c2ccccc21. The number of fused-ring (bicyclic) bond motifs is 1. The summed E-state index contributed by atoms with van der Waals surface area (Å²) in [6.07, 6.45) is 2.19. The van der Waals surface area contributed by atoms with Gasteiger partial charge in [-0.05, 0) is 24.0 Å². The van der Waals surface area contributed by atoms with Crippen LogP contribution in [0.4, 0.5) is 0 Å². The molecule has 92 valence electrons.